The van der Waals surface area contributed by atoms with Crippen LogP contribution in [-0.2, 0) is 37.4 Å². The number of aromatic nitrogens is 2. The third kappa shape index (κ3) is 7.19. The van der Waals surface area contributed by atoms with E-state index in [4.69, 9.17) is 14.2 Å². The smallest absolute Gasteiger partial charge is 0.411 e. The summed E-state index contributed by atoms with van der Waals surface area (Å²) in [6, 6.07) is 10.8. The van der Waals surface area contributed by atoms with E-state index in [0.717, 1.165) is 11.3 Å². The van der Waals surface area contributed by atoms with Crippen LogP contribution in [0.15, 0.2) is 47.3 Å². The average molecular weight is 664 g/mol. The largest absolute Gasteiger partial charge is 0.497 e. The van der Waals surface area contributed by atoms with Crippen molar-refractivity contribution in [3.05, 3.63) is 58.5 Å². The highest BCUT2D eigenvalue weighted by molar-refractivity contribution is 6.00. The Kier molecular flexibility index (Phi) is 9.35. The van der Waals surface area contributed by atoms with Crippen LogP contribution in [0.5, 0.6) is 5.75 Å². The maximum atomic E-state index is 13.8. The number of carbonyl (C=O) groups is 4. The SMILES string of the molecule is COc1ccc(CN2C(=O)CCC(n3c(=O)n(C)c4cc(N5CCN(C(=O)OC(C)(C)C)C(C(=O)OC(C)(C)C)C5)ccc43)C2=O)cc1. The van der Waals surface area contributed by atoms with E-state index >= 15 is 0 Å². The Morgan fingerprint density at radius 1 is 0.875 bits per heavy atom. The number of likely N-dealkylation sites (tertiary alicyclic amines) is 1. The van der Waals surface area contributed by atoms with Crippen LogP contribution in [0.3, 0.4) is 0 Å². The Morgan fingerprint density at radius 3 is 2.17 bits per heavy atom. The monoisotopic (exact) mass is 663 g/mol. The van der Waals surface area contributed by atoms with E-state index < -0.39 is 41.3 Å². The molecule has 2 aliphatic rings. The summed E-state index contributed by atoms with van der Waals surface area (Å²) >= 11 is 0. The van der Waals surface area contributed by atoms with Crippen LogP contribution in [0.25, 0.3) is 11.0 Å². The van der Waals surface area contributed by atoms with Crippen molar-refractivity contribution in [3.8, 4) is 5.75 Å². The zero-order valence-corrected chi connectivity index (χ0v) is 28.9. The molecular formula is C35H45N5O8. The molecule has 2 aromatic carbocycles. The van der Waals surface area contributed by atoms with Crippen molar-refractivity contribution in [1.29, 1.82) is 0 Å². The van der Waals surface area contributed by atoms with Gasteiger partial charge < -0.3 is 19.1 Å². The number of piperidine rings is 1. The summed E-state index contributed by atoms with van der Waals surface area (Å²) in [6.45, 7) is 11.5. The minimum Gasteiger partial charge on any atom is -0.497 e. The molecule has 2 atom stereocenters. The molecule has 2 saturated heterocycles. The van der Waals surface area contributed by atoms with Gasteiger partial charge in [-0.15, -0.1) is 0 Å². The third-order valence-corrected chi connectivity index (χ3v) is 8.42. The molecule has 3 amide bonds. The number of amides is 3. The van der Waals surface area contributed by atoms with E-state index in [1.165, 1.54) is 18.9 Å². The van der Waals surface area contributed by atoms with Crippen LogP contribution in [0.2, 0.25) is 0 Å². The summed E-state index contributed by atoms with van der Waals surface area (Å²) < 4.78 is 19.5. The molecule has 13 nitrogen and oxygen atoms in total. The predicted molar refractivity (Wildman–Crippen MR) is 179 cm³/mol. The van der Waals surface area contributed by atoms with Gasteiger partial charge in [-0.1, -0.05) is 12.1 Å². The van der Waals surface area contributed by atoms with Crippen LogP contribution >= 0.6 is 0 Å². The van der Waals surface area contributed by atoms with Gasteiger partial charge in [-0.3, -0.25) is 28.5 Å². The first kappa shape index (κ1) is 34.5. The fraction of sp³-hybridized carbons (Fsp3) is 0.514. The first-order chi connectivity index (χ1) is 22.5. The van der Waals surface area contributed by atoms with Crippen molar-refractivity contribution in [3.63, 3.8) is 0 Å². The molecule has 2 fully saturated rings. The molecule has 258 valence electrons. The quantitative estimate of drug-likeness (QED) is 0.284. The lowest BCUT2D eigenvalue weighted by Gasteiger charge is -2.42. The normalized spacial score (nSPS) is 19.1. The second-order valence-corrected chi connectivity index (χ2v) is 14.3. The Bertz CT molecular complexity index is 1780. The third-order valence-electron chi connectivity index (χ3n) is 8.42. The molecule has 48 heavy (non-hydrogen) atoms. The highest BCUT2D eigenvalue weighted by Gasteiger charge is 2.41. The van der Waals surface area contributed by atoms with Gasteiger partial charge in [0.15, 0.2) is 6.04 Å². The number of anilines is 1. The predicted octanol–water partition coefficient (Wildman–Crippen LogP) is 4.01. The highest BCUT2D eigenvalue weighted by Crippen LogP contribution is 2.31. The molecule has 0 bridgehead atoms. The zero-order chi connectivity index (χ0) is 35.1. The Labute approximate surface area is 279 Å². The molecular weight excluding hydrogens is 618 g/mol. The second kappa shape index (κ2) is 13.0. The van der Waals surface area contributed by atoms with Gasteiger partial charge in [0.2, 0.25) is 5.91 Å². The first-order valence-corrected chi connectivity index (χ1v) is 16.1. The Balaban J connectivity index is 1.42. The fourth-order valence-electron chi connectivity index (χ4n) is 6.12. The Morgan fingerprint density at radius 2 is 1.54 bits per heavy atom. The maximum absolute atomic E-state index is 13.8. The van der Waals surface area contributed by atoms with E-state index in [1.54, 1.807) is 86.0 Å². The molecule has 2 aliphatic heterocycles. The molecule has 13 heteroatoms. The molecule has 3 heterocycles. The number of benzene rings is 2. The van der Waals surface area contributed by atoms with Gasteiger partial charge in [0, 0.05) is 38.8 Å². The lowest BCUT2D eigenvalue weighted by Crippen LogP contribution is -2.60. The minimum absolute atomic E-state index is 0.0932. The topological polar surface area (TPSA) is 133 Å². The Hall–Kier alpha value is -4.81. The first-order valence-electron chi connectivity index (χ1n) is 16.1. The summed E-state index contributed by atoms with van der Waals surface area (Å²) in [6.07, 6.45) is -0.256. The zero-order valence-electron chi connectivity index (χ0n) is 28.9. The van der Waals surface area contributed by atoms with Crippen LogP contribution < -0.4 is 15.3 Å². The highest BCUT2D eigenvalue weighted by atomic mass is 16.6. The molecule has 0 radical (unpaired) electrons. The van der Waals surface area contributed by atoms with Gasteiger partial charge in [-0.25, -0.2) is 14.4 Å². The summed E-state index contributed by atoms with van der Waals surface area (Å²) in [5.74, 6) is -0.589. The van der Waals surface area contributed by atoms with Crippen molar-refractivity contribution < 1.29 is 33.4 Å². The van der Waals surface area contributed by atoms with Crippen LogP contribution in [0.1, 0.15) is 66.0 Å². The van der Waals surface area contributed by atoms with E-state index in [9.17, 15) is 24.0 Å². The molecule has 0 aliphatic carbocycles. The number of ether oxygens (including phenoxy) is 3. The molecule has 3 aromatic rings. The van der Waals surface area contributed by atoms with E-state index in [0.29, 0.717) is 23.3 Å². The molecule has 0 saturated carbocycles. The standard InChI is InChI=1S/C35H45N5O8/c1-34(2,3)47-31(43)28-21-37(17-18-38(28)33(45)48-35(4,5)6)23-11-14-25-27(19-23)36(7)32(44)40(25)26-15-16-29(41)39(30(26)42)20-22-9-12-24(46-8)13-10-22/h9-14,19,26,28H,15-18,20-21H2,1-8H3. The lowest BCUT2D eigenvalue weighted by atomic mass is 10.0. The van der Waals surface area contributed by atoms with Gasteiger partial charge in [0.1, 0.15) is 23.0 Å². The van der Waals surface area contributed by atoms with E-state index in [2.05, 4.69) is 0 Å². The summed E-state index contributed by atoms with van der Waals surface area (Å²) in [7, 11) is 3.21. The number of aryl methyl sites for hydroxylation is 1. The molecule has 5 rings (SSSR count). The van der Waals surface area contributed by atoms with Gasteiger partial charge in [0.05, 0.1) is 24.7 Å². The van der Waals surface area contributed by atoms with Crippen molar-refractivity contribution in [1.82, 2.24) is 18.9 Å². The second-order valence-electron chi connectivity index (χ2n) is 14.3. The summed E-state index contributed by atoms with van der Waals surface area (Å²) in [5, 5.41) is 0. The number of rotatable bonds is 6. The number of nitrogens with zero attached hydrogens (tertiary/aromatic N) is 5. The number of piperazine rings is 1. The van der Waals surface area contributed by atoms with Crippen LogP contribution in [0.4, 0.5) is 10.5 Å². The van der Waals surface area contributed by atoms with Crippen LogP contribution in [-0.4, -0.2) is 86.8 Å². The summed E-state index contributed by atoms with van der Waals surface area (Å²) in [4.78, 5) is 71.4. The molecule has 0 spiro atoms. The maximum Gasteiger partial charge on any atom is 0.411 e. The number of esters is 1. The molecule has 1 aromatic heterocycles. The van der Waals surface area contributed by atoms with E-state index in [1.807, 2.05) is 17.0 Å². The van der Waals surface area contributed by atoms with Gasteiger partial charge in [-0.2, -0.15) is 0 Å². The van der Waals surface area contributed by atoms with E-state index in [-0.39, 0.29) is 44.1 Å². The lowest BCUT2D eigenvalue weighted by molar-refractivity contribution is -0.161. The summed E-state index contributed by atoms with van der Waals surface area (Å²) in [5.41, 5.74) is 0.774. The number of methoxy groups -OCH3 is 1. The molecule has 2 unspecified atom stereocenters. The van der Waals surface area contributed by atoms with Crippen molar-refractivity contribution >= 4 is 40.6 Å². The number of hydrogen-bond acceptors (Lipinski definition) is 9. The van der Waals surface area contributed by atoms with Crippen LogP contribution in [0, 0.1) is 0 Å². The van der Waals surface area contributed by atoms with Crippen molar-refractivity contribution in [2.24, 2.45) is 7.05 Å². The van der Waals surface area contributed by atoms with Gasteiger partial charge in [0.25, 0.3) is 5.91 Å². The fourth-order valence-corrected chi connectivity index (χ4v) is 6.12. The van der Waals surface area contributed by atoms with Crippen molar-refractivity contribution in [2.45, 2.75) is 84.2 Å². The number of fused-ring (bicyclic) bond motifs is 1. The average Bonchev–Trinajstić information content (AvgIpc) is 3.26. The molecule has 0 N–H and O–H groups in total. The van der Waals surface area contributed by atoms with Gasteiger partial charge in [-0.05, 0) is 83.9 Å². The number of hydrogen-bond donors (Lipinski definition) is 0. The van der Waals surface area contributed by atoms with Gasteiger partial charge >= 0.3 is 17.8 Å². The van der Waals surface area contributed by atoms with Crippen molar-refractivity contribution in [2.75, 3.05) is 31.6 Å². The number of carbonyl (C=O) groups excluding carboxylic acids is 4. The number of imide groups is 1. The minimum atomic E-state index is -0.925. The number of imidazole rings is 1.